The molecule has 0 radical (unpaired) electrons. The molecule has 1 aromatic heterocycles. The second-order valence-corrected chi connectivity index (χ2v) is 4.26. The summed E-state index contributed by atoms with van der Waals surface area (Å²) in [4.78, 5) is 0. The molecule has 1 heterocycles. The summed E-state index contributed by atoms with van der Waals surface area (Å²) < 4.78 is 7.36. The molecule has 0 atom stereocenters. The van der Waals surface area contributed by atoms with E-state index in [2.05, 4.69) is 5.10 Å². The molecule has 0 spiro atoms. The van der Waals surface area contributed by atoms with E-state index in [0.29, 0.717) is 5.69 Å². The summed E-state index contributed by atoms with van der Waals surface area (Å²) in [6, 6.07) is 7.87. The lowest BCUT2D eigenvalue weighted by Gasteiger charge is -2.10. The summed E-state index contributed by atoms with van der Waals surface area (Å²) in [5, 5.41) is 4.12. The van der Waals surface area contributed by atoms with Crippen LogP contribution < -0.4 is 10.5 Å². The lowest BCUT2D eigenvalue weighted by molar-refractivity contribution is 0.242. The first kappa shape index (κ1) is 11.5. The van der Waals surface area contributed by atoms with Crippen LogP contribution in [0.25, 0.3) is 11.3 Å². The molecule has 0 unspecified atom stereocenters. The second kappa shape index (κ2) is 4.49. The van der Waals surface area contributed by atoms with E-state index < -0.39 is 0 Å². The van der Waals surface area contributed by atoms with Gasteiger partial charge in [-0.1, -0.05) is 0 Å². The fourth-order valence-electron chi connectivity index (χ4n) is 1.77. The van der Waals surface area contributed by atoms with Crippen LogP contribution in [0.5, 0.6) is 5.75 Å². The van der Waals surface area contributed by atoms with Crippen LogP contribution >= 0.6 is 0 Å². The Bertz CT molecular complexity index is 480. The van der Waals surface area contributed by atoms with Crippen molar-refractivity contribution in [3.8, 4) is 17.0 Å². The summed E-state index contributed by atoms with van der Waals surface area (Å²) in [5.74, 6) is 0.865. The highest BCUT2D eigenvalue weighted by atomic mass is 16.5. The molecular formula is C13H17N3O. The maximum absolute atomic E-state index is 5.88. The Labute approximate surface area is 101 Å². The van der Waals surface area contributed by atoms with E-state index in [0.717, 1.165) is 17.0 Å². The number of anilines is 1. The van der Waals surface area contributed by atoms with Gasteiger partial charge in [-0.05, 0) is 38.1 Å². The van der Waals surface area contributed by atoms with Gasteiger partial charge in [0.15, 0.2) is 0 Å². The van der Waals surface area contributed by atoms with Gasteiger partial charge in [-0.3, -0.25) is 4.68 Å². The molecule has 4 heteroatoms. The van der Waals surface area contributed by atoms with Gasteiger partial charge >= 0.3 is 0 Å². The highest BCUT2D eigenvalue weighted by molar-refractivity contribution is 5.72. The van der Waals surface area contributed by atoms with Gasteiger partial charge in [0.05, 0.1) is 23.7 Å². The molecule has 0 aliphatic rings. The summed E-state index contributed by atoms with van der Waals surface area (Å²) in [7, 11) is 1.88. The van der Waals surface area contributed by atoms with Gasteiger partial charge in [-0.25, -0.2) is 0 Å². The topological polar surface area (TPSA) is 53.1 Å². The van der Waals surface area contributed by atoms with Crippen LogP contribution in [0.1, 0.15) is 13.8 Å². The normalized spacial score (nSPS) is 10.8. The summed E-state index contributed by atoms with van der Waals surface area (Å²) in [5.41, 5.74) is 8.53. The minimum Gasteiger partial charge on any atom is -0.491 e. The summed E-state index contributed by atoms with van der Waals surface area (Å²) in [6.45, 7) is 4.01. The van der Waals surface area contributed by atoms with Crippen LogP contribution in [0.4, 0.5) is 5.69 Å². The predicted molar refractivity (Wildman–Crippen MR) is 68.8 cm³/mol. The van der Waals surface area contributed by atoms with Gasteiger partial charge < -0.3 is 10.5 Å². The van der Waals surface area contributed by atoms with Crippen molar-refractivity contribution in [2.24, 2.45) is 7.05 Å². The molecule has 0 amide bonds. The van der Waals surface area contributed by atoms with Gasteiger partial charge in [0.1, 0.15) is 5.75 Å². The monoisotopic (exact) mass is 231 g/mol. The van der Waals surface area contributed by atoms with Crippen LogP contribution in [-0.2, 0) is 7.05 Å². The third-order valence-corrected chi connectivity index (χ3v) is 2.47. The molecule has 2 N–H and O–H groups in total. The van der Waals surface area contributed by atoms with E-state index in [-0.39, 0.29) is 6.10 Å². The lowest BCUT2D eigenvalue weighted by atomic mass is 10.1. The number of nitrogen functional groups attached to an aromatic ring is 1. The first-order valence-corrected chi connectivity index (χ1v) is 5.62. The molecule has 0 fully saturated rings. The molecule has 2 aromatic rings. The quantitative estimate of drug-likeness (QED) is 0.882. The van der Waals surface area contributed by atoms with Crippen LogP contribution in [0.3, 0.4) is 0 Å². The van der Waals surface area contributed by atoms with Crippen molar-refractivity contribution in [2.75, 3.05) is 5.73 Å². The smallest absolute Gasteiger partial charge is 0.119 e. The van der Waals surface area contributed by atoms with E-state index in [1.807, 2.05) is 45.2 Å². The largest absolute Gasteiger partial charge is 0.491 e. The predicted octanol–water partition coefficient (Wildman–Crippen LogP) is 2.46. The fraction of sp³-hybridized carbons (Fsp3) is 0.308. The van der Waals surface area contributed by atoms with Crippen LogP contribution in [-0.4, -0.2) is 15.9 Å². The zero-order chi connectivity index (χ0) is 12.4. The number of aryl methyl sites for hydroxylation is 1. The number of hydrogen-bond acceptors (Lipinski definition) is 3. The number of hydrogen-bond donors (Lipinski definition) is 1. The minimum absolute atomic E-state index is 0.183. The SMILES string of the molecule is CC(C)Oc1ccc(-c2c(N)cnn2C)cc1. The third-order valence-electron chi connectivity index (χ3n) is 2.47. The molecule has 0 saturated carbocycles. The van der Waals surface area contributed by atoms with Gasteiger partial charge in [0.2, 0.25) is 0 Å². The minimum atomic E-state index is 0.183. The second-order valence-electron chi connectivity index (χ2n) is 4.26. The number of aromatic nitrogens is 2. The standard InChI is InChI=1S/C13H17N3O/c1-9(2)17-11-6-4-10(5-7-11)13-12(14)8-15-16(13)3/h4-9H,14H2,1-3H3. The molecular weight excluding hydrogens is 214 g/mol. The van der Waals surface area contributed by atoms with E-state index in [1.165, 1.54) is 0 Å². The molecule has 4 nitrogen and oxygen atoms in total. The molecule has 2 rings (SSSR count). The Morgan fingerprint density at radius 1 is 1.24 bits per heavy atom. The average Bonchev–Trinajstić information content (AvgIpc) is 2.59. The molecule has 0 bridgehead atoms. The van der Waals surface area contributed by atoms with Gasteiger partial charge in [-0.2, -0.15) is 5.10 Å². The molecule has 0 aliphatic heterocycles. The van der Waals surface area contributed by atoms with Crippen molar-refractivity contribution in [1.29, 1.82) is 0 Å². The summed E-state index contributed by atoms with van der Waals surface area (Å²) in [6.07, 6.45) is 1.84. The van der Waals surface area contributed by atoms with Crippen molar-refractivity contribution in [3.05, 3.63) is 30.5 Å². The molecule has 1 aromatic carbocycles. The van der Waals surface area contributed by atoms with Crippen molar-refractivity contribution >= 4 is 5.69 Å². The number of benzene rings is 1. The molecule has 0 aliphatic carbocycles. The Kier molecular flexibility index (Phi) is 3.04. The fourth-order valence-corrected chi connectivity index (χ4v) is 1.77. The highest BCUT2D eigenvalue weighted by Crippen LogP contribution is 2.26. The van der Waals surface area contributed by atoms with Crippen molar-refractivity contribution < 1.29 is 4.74 Å². The molecule has 90 valence electrons. The Hall–Kier alpha value is -1.97. The van der Waals surface area contributed by atoms with Crippen LogP contribution in [0.2, 0.25) is 0 Å². The zero-order valence-electron chi connectivity index (χ0n) is 10.3. The van der Waals surface area contributed by atoms with Gasteiger partial charge in [0.25, 0.3) is 0 Å². The average molecular weight is 231 g/mol. The van der Waals surface area contributed by atoms with Gasteiger partial charge in [0, 0.05) is 12.6 Å². The van der Waals surface area contributed by atoms with Crippen molar-refractivity contribution in [2.45, 2.75) is 20.0 Å². The summed E-state index contributed by atoms with van der Waals surface area (Å²) >= 11 is 0. The van der Waals surface area contributed by atoms with Crippen molar-refractivity contribution in [1.82, 2.24) is 9.78 Å². The number of rotatable bonds is 3. The van der Waals surface area contributed by atoms with E-state index >= 15 is 0 Å². The Morgan fingerprint density at radius 3 is 2.35 bits per heavy atom. The zero-order valence-corrected chi connectivity index (χ0v) is 10.3. The lowest BCUT2D eigenvalue weighted by Crippen LogP contribution is -2.05. The Balaban J connectivity index is 2.30. The number of ether oxygens (including phenoxy) is 1. The van der Waals surface area contributed by atoms with Crippen LogP contribution in [0, 0.1) is 0 Å². The highest BCUT2D eigenvalue weighted by Gasteiger charge is 2.08. The maximum Gasteiger partial charge on any atom is 0.119 e. The van der Waals surface area contributed by atoms with Crippen LogP contribution in [0.15, 0.2) is 30.5 Å². The first-order chi connectivity index (χ1) is 8.08. The maximum atomic E-state index is 5.88. The third kappa shape index (κ3) is 2.41. The van der Waals surface area contributed by atoms with Gasteiger partial charge in [-0.15, -0.1) is 0 Å². The van der Waals surface area contributed by atoms with E-state index in [9.17, 15) is 0 Å². The Morgan fingerprint density at radius 2 is 1.88 bits per heavy atom. The first-order valence-electron chi connectivity index (χ1n) is 5.62. The van der Waals surface area contributed by atoms with Crippen molar-refractivity contribution in [3.63, 3.8) is 0 Å². The van der Waals surface area contributed by atoms with E-state index in [1.54, 1.807) is 10.9 Å². The molecule has 0 saturated heterocycles. The van der Waals surface area contributed by atoms with E-state index in [4.69, 9.17) is 10.5 Å². The molecule has 17 heavy (non-hydrogen) atoms. The number of nitrogens with two attached hydrogens (primary N) is 1. The number of nitrogens with zero attached hydrogens (tertiary/aromatic N) is 2.